The van der Waals surface area contributed by atoms with E-state index in [1.54, 1.807) is 41.3 Å². The minimum absolute atomic E-state index is 0. The Labute approximate surface area is 135 Å². The Hall–Kier alpha value is -1.63. The van der Waals surface area contributed by atoms with E-state index in [9.17, 15) is 4.79 Å². The number of nitrogens with two attached hydrogens (primary N) is 1. The van der Waals surface area contributed by atoms with E-state index in [0.717, 1.165) is 0 Å². The van der Waals surface area contributed by atoms with Crippen molar-refractivity contribution in [2.45, 2.75) is 19.4 Å². The molecule has 2 rings (SSSR count). The number of hydrogen-bond acceptors (Lipinski definition) is 4. The highest BCUT2D eigenvalue weighted by Crippen LogP contribution is 2.06. The second-order valence-corrected chi connectivity index (χ2v) is 4.87. The summed E-state index contributed by atoms with van der Waals surface area (Å²) in [6.07, 6.45) is 3.43. The van der Waals surface area contributed by atoms with Gasteiger partial charge in [0.2, 0.25) is 0 Å². The molecule has 0 radical (unpaired) electrons. The molecular formula is C13H19Cl2N5O. The molecule has 2 aromatic rings. The Kier molecular flexibility index (Phi) is 7.35. The highest BCUT2D eigenvalue weighted by atomic mass is 35.5. The number of rotatable bonds is 4. The van der Waals surface area contributed by atoms with Crippen LogP contribution >= 0.6 is 24.8 Å². The van der Waals surface area contributed by atoms with Gasteiger partial charge >= 0.3 is 0 Å². The van der Waals surface area contributed by atoms with Gasteiger partial charge < -0.3 is 11.1 Å². The first-order valence-electron chi connectivity index (χ1n) is 6.01. The third-order valence-electron chi connectivity index (χ3n) is 2.67. The predicted molar refractivity (Wildman–Crippen MR) is 86.5 cm³/mol. The van der Waals surface area contributed by atoms with Gasteiger partial charge in [0.1, 0.15) is 5.69 Å². The molecule has 116 valence electrons. The van der Waals surface area contributed by atoms with Crippen molar-refractivity contribution >= 4 is 30.7 Å². The van der Waals surface area contributed by atoms with Gasteiger partial charge in [0.05, 0.1) is 0 Å². The Morgan fingerprint density at radius 1 is 1.33 bits per heavy atom. The summed E-state index contributed by atoms with van der Waals surface area (Å²) in [5.41, 5.74) is 5.47. The molecule has 8 heteroatoms. The van der Waals surface area contributed by atoms with E-state index in [2.05, 4.69) is 15.4 Å². The molecule has 0 saturated carbocycles. The van der Waals surface area contributed by atoms with Crippen LogP contribution in [-0.4, -0.2) is 32.8 Å². The smallest absolute Gasteiger partial charge is 0.270 e. The average Bonchev–Trinajstić information content (AvgIpc) is 2.92. The number of nitrogens with one attached hydrogen (secondary N) is 1. The van der Waals surface area contributed by atoms with Crippen molar-refractivity contribution < 1.29 is 4.79 Å². The maximum atomic E-state index is 12.1. The summed E-state index contributed by atoms with van der Waals surface area (Å²) in [7, 11) is 0. The van der Waals surface area contributed by atoms with E-state index in [1.165, 1.54) is 0 Å². The standard InChI is InChI=1S/C13H17N5O.2ClH/c1-13(2,9-14)17-12(19)10-5-3-6-11(16-10)18-8-4-7-15-18;;/h3-8H,9,14H2,1-2H3,(H,17,19);2*1H. The summed E-state index contributed by atoms with van der Waals surface area (Å²) in [4.78, 5) is 16.4. The van der Waals surface area contributed by atoms with Crippen molar-refractivity contribution in [3.8, 4) is 5.82 Å². The molecule has 0 aliphatic heterocycles. The first-order valence-corrected chi connectivity index (χ1v) is 6.01. The van der Waals surface area contributed by atoms with Crippen molar-refractivity contribution in [1.29, 1.82) is 0 Å². The first-order chi connectivity index (χ1) is 9.02. The van der Waals surface area contributed by atoms with Gasteiger partial charge in [0, 0.05) is 24.5 Å². The minimum Gasteiger partial charge on any atom is -0.345 e. The van der Waals surface area contributed by atoms with E-state index in [-0.39, 0.29) is 30.7 Å². The van der Waals surface area contributed by atoms with Gasteiger partial charge in [-0.15, -0.1) is 24.8 Å². The van der Waals surface area contributed by atoms with Gasteiger partial charge in [0.25, 0.3) is 5.91 Å². The highest BCUT2D eigenvalue weighted by molar-refractivity contribution is 5.92. The fourth-order valence-electron chi connectivity index (χ4n) is 1.50. The lowest BCUT2D eigenvalue weighted by Crippen LogP contribution is -2.49. The Bertz CT molecular complexity index is 572. The number of carbonyl (C=O) groups is 1. The SMILES string of the molecule is CC(C)(CN)NC(=O)c1cccc(-n2cccn2)n1.Cl.Cl. The molecule has 6 nitrogen and oxygen atoms in total. The van der Waals surface area contributed by atoms with Crippen LogP contribution < -0.4 is 11.1 Å². The van der Waals surface area contributed by atoms with Crippen LogP contribution in [0.5, 0.6) is 0 Å². The molecule has 0 aliphatic carbocycles. The summed E-state index contributed by atoms with van der Waals surface area (Å²) in [5, 5.41) is 6.92. The molecule has 0 bridgehead atoms. The second kappa shape index (κ2) is 7.97. The van der Waals surface area contributed by atoms with Gasteiger partial charge in [-0.25, -0.2) is 9.67 Å². The van der Waals surface area contributed by atoms with E-state index in [0.29, 0.717) is 18.1 Å². The van der Waals surface area contributed by atoms with E-state index in [1.807, 2.05) is 13.8 Å². The lowest BCUT2D eigenvalue weighted by atomic mass is 10.1. The number of hydrogen-bond donors (Lipinski definition) is 2. The van der Waals surface area contributed by atoms with Crippen molar-refractivity contribution in [2.24, 2.45) is 5.73 Å². The zero-order valence-electron chi connectivity index (χ0n) is 11.8. The van der Waals surface area contributed by atoms with Gasteiger partial charge in [-0.05, 0) is 32.0 Å². The van der Waals surface area contributed by atoms with Crippen LogP contribution in [0.15, 0.2) is 36.7 Å². The first kappa shape index (κ1) is 19.4. The van der Waals surface area contributed by atoms with Crippen LogP contribution in [0.25, 0.3) is 5.82 Å². The second-order valence-electron chi connectivity index (χ2n) is 4.87. The van der Waals surface area contributed by atoms with Gasteiger partial charge in [-0.3, -0.25) is 4.79 Å². The van der Waals surface area contributed by atoms with Crippen molar-refractivity contribution in [2.75, 3.05) is 6.54 Å². The molecule has 2 heterocycles. The van der Waals surface area contributed by atoms with Crippen LogP contribution in [0.3, 0.4) is 0 Å². The van der Waals surface area contributed by atoms with E-state index >= 15 is 0 Å². The van der Waals surface area contributed by atoms with E-state index < -0.39 is 5.54 Å². The third-order valence-corrected chi connectivity index (χ3v) is 2.67. The molecule has 2 aromatic heterocycles. The molecule has 0 aliphatic rings. The number of nitrogens with zero attached hydrogens (tertiary/aromatic N) is 3. The van der Waals surface area contributed by atoms with Crippen molar-refractivity contribution in [3.05, 3.63) is 42.4 Å². The quantitative estimate of drug-likeness (QED) is 0.890. The molecule has 0 aromatic carbocycles. The summed E-state index contributed by atoms with van der Waals surface area (Å²) < 4.78 is 1.60. The Balaban J connectivity index is 0.00000200. The lowest BCUT2D eigenvalue weighted by Gasteiger charge is -2.23. The molecule has 21 heavy (non-hydrogen) atoms. The fourth-order valence-corrected chi connectivity index (χ4v) is 1.50. The van der Waals surface area contributed by atoms with Crippen LogP contribution in [0.4, 0.5) is 0 Å². The normalized spacial score (nSPS) is 10.2. The maximum absolute atomic E-state index is 12.1. The van der Waals surface area contributed by atoms with Gasteiger partial charge in [-0.2, -0.15) is 5.10 Å². The highest BCUT2D eigenvalue weighted by Gasteiger charge is 2.20. The summed E-state index contributed by atoms with van der Waals surface area (Å²) in [6.45, 7) is 4.09. The van der Waals surface area contributed by atoms with E-state index in [4.69, 9.17) is 5.73 Å². The monoisotopic (exact) mass is 331 g/mol. The molecular weight excluding hydrogens is 313 g/mol. The Morgan fingerprint density at radius 2 is 2.05 bits per heavy atom. The number of amides is 1. The third kappa shape index (κ3) is 5.00. The molecule has 0 fully saturated rings. The van der Waals surface area contributed by atoms with Crippen LogP contribution in [0.1, 0.15) is 24.3 Å². The zero-order valence-corrected chi connectivity index (χ0v) is 13.4. The maximum Gasteiger partial charge on any atom is 0.270 e. The van der Waals surface area contributed by atoms with Crippen molar-refractivity contribution in [1.82, 2.24) is 20.1 Å². The predicted octanol–water partition coefficient (Wildman–Crippen LogP) is 1.58. The van der Waals surface area contributed by atoms with Gasteiger partial charge in [0.15, 0.2) is 5.82 Å². The fraction of sp³-hybridized carbons (Fsp3) is 0.308. The molecule has 0 saturated heterocycles. The molecule has 3 N–H and O–H groups in total. The van der Waals surface area contributed by atoms with Crippen LogP contribution in [-0.2, 0) is 0 Å². The van der Waals surface area contributed by atoms with Crippen molar-refractivity contribution in [3.63, 3.8) is 0 Å². The molecule has 1 amide bonds. The summed E-state index contributed by atoms with van der Waals surface area (Å²) >= 11 is 0. The molecule has 0 spiro atoms. The summed E-state index contributed by atoms with van der Waals surface area (Å²) in [5.74, 6) is 0.354. The minimum atomic E-state index is -0.458. The topological polar surface area (TPSA) is 85.8 Å². The largest absolute Gasteiger partial charge is 0.345 e. The summed E-state index contributed by atoms with van der Waals surface area (Å²) in [6, 6.07) is 7.02. The Morgan fingerprint density at radius 3 is 2.62 bits per heavy atom. The number of carbonyl (C=O) groups excluding carboxylic acids is 1. The number of pyridine rings is 1. The average molecular weight is 332 g/mol. The lowest BCUT2D eigenvalue weighted by molar-refractivity contribution is 0.0910. The molecule has 0 unspecified atom stereocenters. The number of aromatic nitrogens is 3. The number of halogens is 2. The van der Waals surface area contributed by atoms with Crippen LogP contribution in [0.2, 0.25) is 0 Å². The molecule has 0 atom stereocenters. The zero-order chi connectivity index (χ0) is 13.9. The van der Waals surface area contributed by atoms with Gasteiger partial charge in [-0.1, -0.05) is 6.07 Å². The van der Waals surface area contributed by atoms with Crippen LogP contribution in [0, 0.1) is 0 Å².